The molecule has 2 nitrogen and oxygen atoms in total. The molecular formula is C26H26FNO. The highest BCUT2D eigenvalue weighted by Gasteiger charge is 2.28. The maximum Gasteiger partial charge on any atom is 0.142 e. The van der Waals surface area contributed by atoms with E-state index < -0.39 is 0 Å². The average molecular weight is 387 g/mol. The van der Waals surface area contributed by atoms with Gasteiger partial charge in [-0.25, -0.2) is 4.39 Å². The van der Waals surface area contributed by atoms with Crippen molar-refractivity contribution in [1.29, 1.82) is 0 Å². The fourth-order valence-electron chi connectivity index (χ4n) is 4.63. The summed E-state index contributed by atoms with van der Waals surface area (Å²) in [7, 11) is 0. The molecule has 4 rings (SSSR count). The van der Waals surface area contributed by atoms with Crippen LogP contribution in [-0.4, -0.2) is 10.9 Å². The predicted molar refractivity (Wildman–Crippen MR) is 117 cm³/mol. The number of hydrogen-bond acceptors (Lipinski definition) is 1. The minimum absolute atomic E-state index is 0.243. The molecule has 0 radical (unpaired) electrons. The third-order valence-corrected chi connectivity index (χ3v) is 5.93. The summed E-state index contributed by atoms with van der Waals surface area (Å²) in [4.78, 5) is 11.2. The predicted octanol–water partition coefficient (Wildman–Crippen LogP) is 6.85. The first kappa shape index (κ1) is 19.4. The third-order valence-electron chi connectivity index (χ3n) is 5.93. The molecule has 1 unspecified atom stereocenters. The van der Waals surface area contributed by atoms with Gasteiger partial charge in [-0.15, -0.1) is 0 Å². The first-order valence-corrected chi connectivity index (χ1v) is 10.4. The number of carbonyl (C=O) groups excluding carboxylic acids is 1. The lowest BCUT2D eigenvalue weighted by atomic mass is 9.90. The van der Waals surface area contributed by atoms with Gasteiger partial charge in [0, 0.05) is 23.4 Å². The molecule has 3 heteroatoms. The van der Waals surface area contributed by atoms with Gasteiger partial charge in [-0.05, 0) is 60.6 Å². The van der Waals surface area contributed by atoms with Gasteiger partial charge in [-0.1, -0.05) is 55.8 Å². The van der Waals surface area contributed by atoms with Crippen LogP contribution in [0, 0.1) is 5.82 Å². The summed E-state index contributed by atoms with van der Waals surface area (Å²) >= 11 is 0. The maximum atomic E-state index is 13.7. The van der Waals surface area contributed by atoms with E-state index in [9.17, 15) is 9.18 Å². The van der Waals surface area contributed by atoms with Crippen LogP contribution in [0.4, 0.5) is 4.39 Å². The van der Waals surface area contributed by atoms with Crippen LogP contribution < -0.4 is 0 Å². The first-order chi connectivity index (χ1) is 14.2. The summed E-state index contributed by atoms with van der Waals surface area (Å²) in [6.45, 7) is 3.19. The van der Waals surface area contributed by atoms with Crippen LogP contribution in [0.1, 0.15) is 49.8 Å². The summed E-state index contributed by atoms with van der Waals surface area (Å²) < 4.78 is 16.1. The molecular weight excluding hydrogens is 361 g/mol. The van der Waals surface area contributed by atoms with E-state index in [-0.39, 0.29) is 5.82 Å². The van der Waals surface area contributed by atoms with Gasteiger partial charge in [0.05, 0.1) is 5.69 Å². The van der Waals surface area contributed by atoms with Crippen LogP contribution in [0.2, 0.25) is 0 Å². The Morgan fingerprint density at radius 2 is 1.79 bits per heavy atom. The highest BCUT2D eigenvalue weighted by Crippen LogP contribution is 2.45. The van der Waals surface area contributed by atoms with Crippen molar-refractivity contribution < 1.29 is 9.18 Å². The SMILES string of the molecule is CCC1CCCCn2c(-c3ccccc3)c(-c3ccc(F)cc3)c(C=CC=O)c21. The molecule has 1 aliphatic rings. The molecule has 29 heavy (non-hydrogen) atoms. The number of aromatic nitrogens is 1. The summed E-state index contributed by atoms with van der Waals surface area (Å²) in [6.07, 6.45) is 8.91. The number of benzene rings is 2. The molecule has 0 saturated heterocycles. The Morgan fingerprint density at radius 1 is 1.03 bits per heavy atom. The van der Waals surface area contributed by atoms with Crippen molar-refractivity contribution in [3.63, 3.8) is 0 Å². The molecule has 0 saturated carbocycles. The van der Waals surface area contributed by atoms with E-state index in [4.69, 9.17) is 0 Å². The standard InChI is InChI=1S/C26H26FNO/c1-2-19-9-6-7-17-28-25(19)23(12-8-18-29)24(20-13-15-22(27)16-14-20)26(28)21-10-4-3-5-11-21/h3-5,8,10-16,18-19H,2,6-7,9,17H2,1H3. The molecule has 1 atom stereocenters. The number of rotatable bonds is 5. The fourth-order valence-corrected chi connectivity index (χ4v) is 4.63. The van der Waals surface area contributed by atoms with E-state index in [1.807, 2.05) is 24.3 Å². The van der Waals surface area contributed by atoms with E-state index >= 15 is 0 Å². The molecule has 1 aromatic heterocycles. The van der Waals surface area contributed by atoms with Gasteiger partial charge in [0.15, 0.2) is 0 Å². The first-order valence-electron chi connectivity index (χ1n) is 10.4. The van der Waals surface area contributed by atoms with Crippen molar-refractivity contribution in [3.05, 3.63) is 77.7 Å². The van der Waals surface area contributed by atoms with Crippen molar-refractivity contribution in [1.82, 2.24) is 4.57 Å². The van der Waals surface area contributed by atoms with E-state index in [2.05, 4.69) is 35.8 Å². The second kappa shape index (κ2) is 8.60. The molecule has 0 N–H and O–H groups in total. The van der Waals surface area contributed by atoms with Gasteiger partial charge in [-0.2, -0.15) is 0 Å². The lowest BCUT2D eigenvalue weighted by Crippen LogP contribution is -2.06. The second-order valence-electron chi connectivity index (χ2n) is 7.64. The Hall–Kier alpha value is -2.94. The van der Waals surface area contributed by atoms with Crippen LogP contribution in [-0.2, 0) is 11.3 Å². The number of aldehydes is 1. The van der Waals surface area contributed by atoms with Crippen LogP contribution in [0.5, 0.6) is 0 Å². The highest BCUT2D eigenvalue weighted by atomic mass is 19.1. The minimum atomic E-state index is -0.243. The Kier molecular flexibility index (Phi) is 5.75. The maximum absolute atomic E-state index is 13.7. The molecule has 0 aliphatic carbocycles. The van der Waals surface area contributed by atoms with E-state index in [1.54, 1.807) is 6.08 Å². The Balaban J connectivity index is 2.09. The van der Waals surface area contributed by atoms with E-state index in [0.717, 1.165) is 60.0 Å². The van der Waals surface area contributed by atoms with Crippen molar-refractivity contribution in [2.75, 3.05) is 0 Å². The summed E-state index contributed by atoms with van der Waals surface area (Å²) in [5.74, 6) is 0.202. The molecule has 0 amide bonds. The summed E-state index contributed by atoms with van der Waals surface area (Å²) in [6, 6.07) is 17.1. The number of nitrogens with zero attached hydrogens (tertiary/aromatic N) is 1. The fraction of sp³-hybridized carbons (Fsp3) is 0.269. The normalized spacial score (nSPS) is 16.6. The van der Waals surface area contributed by atoms with Crippen LogP contribution in [0.3, 0.4) is 0 Å². The number of hydrogen-bond donors (Lipinski definition) is 0. The molecule has 0 bridgehead atoms. The molecule has 148 valence electrons. The molecule has 2 heterocycles. The van der Waals surface area contributed by atoms with Crippen LogP contribution >= 0.6 is 0 Å². The zero-order valence-electron chi connectivity index (χ0n) is 16.8. The van der Waals surface area contributed by atoms with Crippen LogP contribution in [0.25, 0.3) is 28.5 Å². The van der Waals surface area contributed by atoms with Crippen molar-refractivity contribution in [2.24, 2.45) is 0 Å². The molecule has 2 aromatic carbocycles. The van der Waals surface area contributed by atoms with Crippen molar-refractivity contribution >= 4 is 12.4 Å². The molecule has 0 fully saturated rings. The van der Waals surface area contributed by atoms with Crippen molar-refractivity contribution in [2.45, 2.75) is 45.1 Å². The molecule has 1 aliphatic heterocycles. The third kappa shape index (κ3) is 3.69. The monoisotopic (exact) mass is 387 g/mol. The Bertz CT molecular complexity index is 1020. The van der Waals surface area contributed by atoms with Gasteiger partial charge < -0.3 is 4.57 Å². The lowest BCUT2D eigenvalue weighted by molar-refractivity contribution is -0.104. The molecule has 3 aromatic rings. The average Bonchev–Trinajstić information content (AvgIpc) is 2.92. The number of halogens is 1. The number of allylic oxidation sites excluding steroid dienone is 1. The second-order valence-corrected chi connectivity index (χ2v) is 7.64. The largest absolute Gasteiger partial charge is 0.343 e. The van der Waals surface area contributed by atoms with E-state index in [1.165, 1.54) is 24.2 Å². The Morgan fingerprint density at radius 3 is 2.48 bits per heavy atom. The quantitative estimate of drug-likeness (QED) is 0.346. The highest BCUT2D eigenvalue weighted by molar-refractivity contribution is 5.92. The smallest absolute Gasteiger partial charge is 0.142 e. The van der Waals surface area contributed by atoms with Gasteiger partial charge in [0.25, 0.3) is 0 Å². The summed E-state index contributed by atoms with van der Waals surface area (Å²) in [5, 5.41) is 0. The van der Waals surface area contributed by atoms with Gasteiger partial charge in [-0.3, -0.25) is 4.79 Å². The van der Waals surface area contributed by atoms with Crippen molar-refractivity contribution in [3.8, 4) is 22.4 Å². The minimum Gasteiger partial charge on any atom is -0.343 e. The lowest BCUT2D eigenvalue weighted by Gasteiger charge is -2.17. The zero-order valence-corrected chi connectivity index (χ0v) is 16.8. The Labute approximate surface area is 171 Å². The number of fused-ring (bicyclic) bond motifs is 1. The van der Waals surface area contributed by atoms with Gasteiger partial charge in [0.2, 0.25) is 0 Å². The van der Waals surface area contributed by atoms with Crippen LogP contribution in [0.15, 0.2) is 60.7 Å². The zero-order chi connectivity index (χ0) is 20.2. The number of carbonyl (C=O) groups is 1. The van der Waals surface area contributed by atoms with E-state index in [0.29, 0.717) is 5.92 Å². The molecule has 0 spiro atoms. The topological polar surface area (TPSA) is 22.0 Å². The summed E-state index contributed by atoms with van der Waals surface area (Å²) in [5.41, 5.74) is 6.78. The van der Waals surface area contributed by atoms with Gasteiger partial charge >= 0.3 is 0 Å². The van der Waals surface area contributed by atoms with Gasteiger partial charge in [0.1, 0.15) is 12.1 Å².